The number of hydrogen-bond donors (Lipinski definition) is 2. The molecule has 0 saturated heterocycles. The third-order valence-electron chi connectivity index (χ3n) is 4.26. The minimum absolute atomic E-state index is 0.00893. The summed E-state index contributed by atoms with van der Waals surface area (Å²) >= 11 is 0. The summed E-state index contributed by atoms with van der Waals surface area (Å²) in [5.41, 5.74) is 1.98. The van der Waals surface area contributed by atoms with Gasteiger partial charge in [0.1, 0.15) is 12.4 Å². The van der Waals surface area contributed by atoms with Crippen molar-refractivity contribution in [2.75, 3.05) is 6.61 Å². The van der Waals surface area contributed by atoms with Gasteiger partial charge in [0, 0.05) is 18.6 Å². The normalized spacial score (nSPS) is 15.9. The van der Waals surface area contributed by atoms with E-state index in [1.54, 1.807) is 0 Å². The van der Waals surface area contributed by atoms with Crippen molar-refractivity contribution in [1.29, 1.82) is 0 Å². The molecule has 1 heterocycles. The van der Waals surface area contributed by atoms with Crippen LogP contribution in [0.5, 0.6) is 0 Å². The maximum atomic E-state index is 12.4. The summed E-state index contributed by atoms with van der Waals surface area (Å²) in [5.74, 6) is 1.52. The maximum absolute atomic E-state index is 12.4. The summed E-state index contributed by atoms with van der Waals surface area (Å²) < 4.78 is 2.05. The van der Waals surface area contributed by atoms with E-state index in [0.717, 1.165) is 36.1 Å². The highest BCUT2D eigenvalue weighted by Gasteiger charge is 2.30. The third kappa shape index (κ3) is 3.14. The quantitative estimate of drug-likeness (QED) is 0.824. The van der Waals surface area contributed by atoms with Crippen LogP contribution in [0.25, 0.3) is 11.0 Å². The smallest absolute Gasteiger partial charge is 0.240 e. The number of fused-ring (bicyclic) bond motifs is 1. The number of nitrogens with zero attached hydrogens (tertiary/aromatic N) is 2. The molecule has 2 N–H and O–H groups in total. The first kappa shape index (κ1) is 15.0. The molecule has 22 heavy (non-hydrogen) atoms. The minimum Gasteiger partial charge on any atom is -0.396 e. The van der Waals surface area contributed by atoms with Gasteiger partial charge in [-0.2, -0.15) is 0 Å². The molecular formula is C17H23N3O2. The van der Waals surface area contributed by atoms with Gasteiger partial charge >= 0.3 is 0 Å². The molecule has 2 aromatic rings. The molecule has 5 heteroatoms. The first-order valence-electron chi connectivity index (χ1n) is 8.08. The second-order valence-corrected chi connectivity index (χ2v) is 6.00. The van der Waals surface area contributed by atoms with E-state index in [0.29, 0.717) is 18.9 Å². The van der Waals surface area contributed by atoms with Gasteiger partial charge in [-0.1, -0.05) is 19.1 Å². The number of amides is 1. The Labute approximate surface area is 130 Å². The summed E-state index contributed by atoms with van der Waals surface area (Å²) in [5, 5.41) is 12.0. The maximum Gasteiger partial charge on any atom is 0.240 e. The molecule has 0 bridgehead atoms. The zero-order valence-electron chi connectivity index (χ0n) is 13.0. The number of aliphatic hydroxyl groups excluding tert-OH is 1. The van der Waals surface area contributed by atoms with Crippen LogP contribution in [0, 0.1) is 0 Å². The first-order chi connectivity index (χ1) is 10.7. The molecule has 0 radical (unpaired) electrons. The van der Waals surface area contributed by atoms with Crippen LogP contribution in [0.15, 0.2) is 24.3 Å². The van der Waals surface area contributed by atoms with Crippen molar-refractivity contribution < 1.29 is 9.90 Å². The molecule has 1 aromatic carbocycles. The Morgan fingerprint density at radius 3 is 2.91 bits per heavy atom. The lowest BCUT2D eigenvalue weighted by atomic mass is 10.1. The number of carbonyl (C=O) groups excluding carboxylic acids is 1. The molecule has 1 fully saturated rings. The fourth-order valence-corrected chi connectivity index (χ4v) is 2.86. The predicted molar refractivity (Wildman–Crippen MR) is 85.6 cm³/mol. The van der Waals surface area contributed by atoms with Crippen LogP contribution in [-0.2, 0) is 11.3 Å². The topological polar surface area (TPSA) is 67.2 Å². The molecule has 1 atom stereocenters. The highest BCUT2D eigenvalue weighted by molar-refractivity contribution is 5.81. The summed E-state index contributed by atoms with van der Waals surface area (Å²) in [7, 11) is 0. The van der Waals surface area contributed by atoms with Gasteiger partial charge in [-0.25, -0.2) is 4.98 Å². The molecule has 5 nitrogen and oxygen atoms in total. The molecule has 0 spiro atoms. The molecular weight excluding hydrogens is 278 g/mol. The Morgan fingerprint density at radius 1 is 1.45 bits per heavy atom. The van der Waals surface area contributed by atoms with Crippen LogP contribution in [0.1, 0.15) is 44.3 Å². The number of para-hydroxylation sites is 2. The van der Waals surface area contributed by atoms with Gasteiger partial charge in [-0.05, 0) is 37.8 Å². The van der Waals surface area contributed by atoms with Crippen LogP contribution in [0.2, 0.25) is 0 Å². The molecule has 1 aliphatic rings. The number of aromatic nitrogens is 2. The molecule has 0 aliphatic heterocycles. The average Bonchev–Trinajstić information content (AvgIpc) is 3.30. The number of rotatable bonds is 7. The van der Waals surface area contributed by atoms with Crippen LogP contribution < -0.4 is 5.32 Å². The Bertz CT molecular complexity index is 661. The third-order valence-corrected chi connectivity index (χ3v) is 4.26. The highest BCUT2D eigenvalue weighted by atomic mass is 16.3. The van der Waals surface area contributed by atoms with Crippen molar-refractivity contribution >= 4 is 16.9 Å². The summed E-state index contributed by atoms with van der Waals surface area (Å²) in [6.45, 7) is 2.41. The van der Waals surface area contributed by atoms with Crippen molar-refractivity contribution in [3.8, 4) is 0 Å². The van der Waals surface area contributed by atoms with E-state index in [9.17, 15) is 4.79 Å². The zero-order valence-corrected chi connectivity index (χ0v) is 13.0. The van der Waals surface area contributed by atoms with E-state index in [2.05, 4.69) is 5.32 Å². The second kappa shape index (κ2) is 6.48. The van der Waals surface area contributed by atoms with E-state index >= 15 is 0 Å². The van der Waals surface area contributed by atoms with E-state index in [-0.39, 0.29) is 18.6 Å². The van der Waals surface area contributed by atoms with E-state index in [4.69, 9.17) is 10.1 Å². The lowest BCUT2D eigenvalue weighted by Crippen LogP contribution is -2.37. The monoisotopic (exact) mass is 301 g/mol. The number of nitrogens with one attached hydrogen (secondary N) is 1. The van der Waals surface area contributed by atoms with E-state index < -0.39 is 0 Å². The van der Waals surface area contributed by atoms with E-state index in [1.807, 2.05) is 35.8 Å². The molecule has 118 valence electrons. The van der Waals surface area contributed by atoms with Crippen LogP contribution >= 0.6 is 0 Å². The largest absolute Gasteiger partial charge is 0.396 e. The van der Waals surface area contributed by atoms with Crippen LogP contribution in [-0.4, -0.2) is 33.2 Å². The highest BCUT2D eigenvalue weighted by Crippen LogP contribution is 2.40. The Morgan fingerprint density at radius 2 is 2.23 bits per heavy atom. The molecule has 1 aromatic heterocycles. The summed E-state index contributed by atoms with van der Waals surface area (Å²) in [6.07, 6.45) is 3.74. The summed E-state index contributed by atoms with van der Waals surface area (Å²) in [4.78, 5) is 17.1. The number of benzene rings is 1. The number of aliphatic hydroxyl groups is 1. The van der Waals surface area contributed by atoms with Crippen molar-refractivity contribution in [3.63, 3.8) is 0 Å². The standard InChI is InChI=1S/C17H23N3O2/c1-2-13(9-10-21)18-16(22)11-20-15-6-4-3-5-14(15)19-17(20)12-7-8-12/h3-6,12-13,21H,2,7-11H2,1H3,(H,18,22). The van der Waals surface area contributed by atoms with E-state index in [1.165, 1.54) is 0 Å². The van der Waals surface area contributed by atoms with Gasteiger partial charge in [0.25, 0.3) is 0 Å². The predicted octanol–water partition coefficient (Wildman–Crippen LogP) is 2.19. The van der Waals surface area contributed by atoms with Gasteiger partial charge in [-0.15, -0.1) is 0 Å². The zero-order chi connectivity index (χ0) is 15.5. The van der Waals surface area contributed by atoms with Crippen molar-refractivity contribution in [2.45, 2.75) is 51.1 Å². The van der Waals surface area contributed by atoms with Crippen molar-refractivity contribution in [2.24, 2.45) is 0 Å². The Hall–Kier alpha value is -1.88. The second-order valence-electron chi connectivity index (χ2n) is 6.00. The molecule has 1 amide bonds. The summed E-state index contributed by atoms with van der Waals surface area (Å²) in [6, 6.07) is 8.01. The van der Waals surface area contributed by atoms with Gasteiger partial charge in [0.15, 0.2) is 0 Å². The number of hydrogen-bond acceptors (Lipinski definition) is 3. The first-order valence-corrected chi connectivity index (χ1v) is 8.08. The SMILES string of the molecule is CCC(CCO)NC(=O)Cn1c(C2CC2)nc2ccccc21. The molecule has 1 saturated carbocycles. The van der Waals surface area contributed by atoms with Crippen molar-refractivity contribution in [1.82, 2.24) is 14.9 Å². The number of carbonyl (C=O) groups is 1. The van der Waals surface area contributed by atoms with Crippen LogP contribution in [0.4, 0.5) is 0 Å². The molecule has 3 rings (SSSR count). The lowest BCUT2D eigenvalue weighted by molar-refractivity contribution is -0.122. The van der Waals surface area contributed by atoms with Crippen LogP contribution in [0.3, 0.4) is 0 Å². The average molecular weight is 301 g/mol. The van der Waals surface area contributed by atoms with Gasteiger partial charge in [0.2, 0.25) is 5.91 Å². The fourth-order valence-electron chi connectivity index (χ4n) is 2.86. The van der Waals surface area contributed by atoms with Gasteiger partial charge < -0.3 is 15.0 Å². The Balaban J connectivity index is 1.80. The Kier molecular flexibility index (Phi) is 4.43. The van der Waals surface area contributed by atoms with Gasteiger partial charge in [-0.3, -0.25) is 4.79 Å². The minimum atomic E-state index is -0.00893. The fraction of sp³-hybridized carbons (Fsp3) is 0.529. The lowest BCUT2D eigenvalue weighted by Gasteiger charge is -2.16. The van der Waals surface area contributed by atoms with Crippen molar-refractivity contribution in [3.05, 3.63) is 30.1 Å². The number of imidazole rings is 1. The van der Waals surface area contributed by atoms with Gasteiger partial charge in [0.05, 0.1) is 11.0 Å². The molecule has 1 aliphatic carbocycles. The molecule has 1 unspecified atom stereocenters.